The lowest BCUT2D eigenvalue weighted by Crippen LogP contribution is -2.41. The Morgan fingerprint density at radius 2 is 1.86 bits per heavy atom. The van der Waals surface area contributed by atoms with Gasteiger partial charge in [0.1, 0.15) is 5.69 Å². The summed E-state index contributed by atoms with van der Waals surface area (Å²) in [5.41, 5.74) is 13.1. The van der Waals surface area contributed by atoms with Crippen molar-refractivity contribution in [3.8, 4) is 6.07 Å². The van der Waals surface area contributed by atoms with Gasteiger partial charge >= 0.3 is 0 Å². The summed E-state index contributed by atoms with van der Waals surface area (Å²) in [7, 11) is 1.83. The van der Waals surface area contributed by atoms with Gasteiger partial charge in [-0.2, -0.15) is 10.4 Å². The molecule has 1 aliphatic rings. The zero-order chi connectivity index (χ0) is 30.1. The second-order valence-corrected chi connectivity index (χ2v) is 9.65. The Morgan fingerprint density at radius 3 is 2.55 bits per heavy atom. The molecule has 4 aromatic rings. The molecule has 0 saturated heterocycles. The number of fused-ring (bicyclic) bond motifs is 1. The van der Waals surface area contributed by atoms with E-state index in [4.69, 9.17) is 16.8 Å². The van der Waals surface area contributed by atoms with Crippen molar-refractivity contribution in [2.24, 2.45) is 11.6 Å². The van der Waals surface area contributed by atoms with Crippen molar-refractivity contribution in [1.82, 2.24) is 14.8 Å². The Morgan fingerprint density at radius 1 is 1.10 bits per heavy atom. The van der Waals surface area contributed by atoms with Crippen LogP contribution >= 0.6 is 0 Å². The van der Waals surface area contributed by atoms with Crippen molar-refractivity contribution in [2.75, 3.05) is 30.4 Å². The van der Waals surface area contributed by atoms with Gasteiger partial charge in [0.05, 0.1) is 35.6 Å². The number of amides is 1. The Hall–Kier alpha value is -5.40. The Labute approximate surface area is 245 Å². The molecule has 1 aliphatic heterocycles. The smallest absolute Gasteiger partial charge is 0.277 e. The number of nitrogens with zero attached hydrogens (tertiary/aromatic N) is 5. The van der Waals surface area contributed by atoms with Gasteiger partial charge < -0.3 is 21.0 Å². The van der Waals surface area contributed by atoms with E-state index in [0.29, 0.717) is 48.4 Å². The van der Waals surface area contributed by atoms with Crippen LogP contribution in [0.3, 0.4) is 0 Å². The molecule has 10 nitrogen and oxygen atoms in total. The summed E-state index contributed by atoms with van der Waals surface area (Å²) >= 11 is 0. The Kier molecular flexibility index (Phi) is 9.71. The molecule has 0 aliphatic carbocycles. The molecule has 1 aromatic heterocycles. The highest BCUT2D eigenvalue weighted by atomic mass is 16.2. The number of carbonyl (C=O) groups excluding carboxylic acids is 2. The fourth-order valence-corrected chi connectivity index (χ4v) is 4.54. The minimum absolute atomic E-state index is 0.209. The molecule has 10 heteroatoms. The molecule has 42 heavy (non-hydrogen) atoms. The standard InChI is InChI=1S/C24H26N6O2.C8H8N2/c1-2-28(26)15-22(25)19-5-3-4-18(13-19)12-17-6-8-21(9-7-17)29-10-11-30-23(24(29)32)20(16-31)14-27-30;1-10-8-4-2-3-7(5-8)6-9/h3-9,13-16H,2,10-12,25-26H2,1H3;2-5,10H,1H3/b22-15-;. The number of nitriles is 1. The van der Waals surface area contributed by atoms with Crippen LogP contribution in [0.2, 0.25) is 0 Å². The monoisotopic (exact) mass is 562 g/mol. The topological polar surface area (TPSA) is 146 Å². The molecule has 0 saturated carbocycles. The highest BCUT2D eigenvalue weighted by Crippen LogP contribution is 2.24. The highest BCUT2D eigenvalue weighted by molar-refractivity contribution is 6.09. The normalized spacial score (nSPS) is 12.5. The number of benzene rings is 3. The number of nitrogens with one attached hydrogen (secondary N) is 1. The number of carbonyl (C=O) groups is 2. The lowest BCUT2D eigenvalue weighted by molar-refractivity contribution is 0.0956. The molecular weight excluding hydrogens is 528 g/mol. The third-order valence-corrected chi connectivity index (χ3v) is 6.84. The van der Waals surface area contributed by atoms with Crippen LogP contribution in [0.4, 0.5) is 11.4 Å². The van der Waals surface area contributed by atoms with E-state index in [1.165, 1.54) is 6.20 Å². The molecule has 0 unspecified atom stereocenters. The van der Waals surface area contributed by atoms with Gasteiger partial charge in [-0.1, -0.05) is 36.4 Å². The van der Waals surface area contributed by atoms with Gasteiger partial charge in [-0.25, -0.2) is 5.84 Å². The summed E-state index contributed by atoms with van der Waals surface area (Å²) in [6.07, 6.45) is 4.58. The largest absolute Gasteiger partial charge is 0.397 e. The van der Waals surface area contributed by atoms with Crippen molar-refractivity contribution in [2.45, 2.75) is 19.9 Å². The maximum Gasteiger partial charge on any atom is 0.277 e. The summed E-state index contributed by atoms with van der Waals surface area (Å²) in [5, 5.41) is 17.1. The number of nitrogens with two attached hydrogens (primary N) is 2. The van der Waals surface area contributed by atoms with E-state index < -0.39 is 0 Å². The lowest BCUT2D eigenvalue weighted by atomic mass is 10.0. The van der Waals surface area contributed by atoms with Gasteiger partial charge in [0.15, 0.2) is 6.29 Å². The van der Waals surface area contributed by atoms with Gasteiger partial charge in [0.2, 0.25) is 0 Å². The first-order valence-corrected chi connectivity index (χ1v) is 13.5. The van der Waals surface area contributed by atoms with Crippen LogP contribution in [-0.2, 0) is 13.0 Å². The number of hydrogen-bond donors (Lipinski definition) is 3. The summed E-state index contributed by atoms with van der Waals surface area (Å²) in [4.78, 5) is 25.8. The zero-order valence-corrected chi connectivity index (χ0v) is 23.7. The maximum absolute atomic E-state index is 12.9. The molecule has 0 spiro atoms. The van der Waals surface area contributed by atoms with Crippen molar-refractivity contribution in [3.05, 3.63) is 119 Å². The van der Waals surface area contributed by atoms with E-state index in [9.17, 15) is 9.59 Å². The number of hydrazine groups is 1. The van der Waals surface area contributed by atoms with E-state index in [1.54, 1.807) is 32.9 Å². The first-order chi connectivity index (χ1) is 20.4. The predicted molar refractivity (Wildman–Crippen MR) is 164 cm³/mol. The van der Waals surface area contributed by atoms with Crippen molar-refractivity contribution >= 4 is 29.3 Å². The zero-order valence-electron chi connectivity index (χ0n) is 23.7. The van der Waals surface area contributed by atoms with Crippen LogP contribution < -0.4 is 21.8 Å². The van der Waals surface area contributed by atoms with E-state index in [1.807, 2.05) is 62.5 Å². The third-order valence-electron chi connectivity index (χ3n) is 6.84. The van der Waals surface area contributed by atoms with Gasteiger partial charge in [-0.3, -0.25) is 14.3 Å². The molecular formula is C32H34N8O2. The van der Waals surface area contributed by atoms with Crippen LogP contribution in [0.15, 0.2) is 85.2 Å². The summed E-state index contributed by atoms with van der Waals surface area (Å²) in [6, 6.07) is 25.4. The Bertz CT molecular complexity index is 1620. The summed E-state index contributed by atoms with van der Waals surface area (Å²) in [5.74, 6) is 5.61. The van der Waals surface area contributed by atoms with Crippen molar-refractivity contribution < 1.29 is 9.59 Å². The second-order valence-electron chi connectivity index (χ2n) is 9.65. The fourth-order valence-electron chi connectivity index (χ4n) is 4.54. The van der Waals surface area contributed by atoms with E-state index in [2.05, 4.69) is 28.6 Å². The van der Waals surface area contributed by atoms with Crippen LogP contribution in [0, 0.1) is 11.3 Å². The number of aldehydes is 1. The van der Waals surface area contributed by atoms with E-state index >= 15 is 0 Å². The summed E-state index contributed by atoms with van der Waals surface area (Å²) < 4.78 is 1.59. The summed E-state index contributed by atoms with van der Waals surface area (Å²) in [6.45, 7) is 3.69. The average Bonchev–Trinajstić information content (AvgIpc) is 3.46. The molecule has 3 aromatic carbocycles. The first-order valence-electron chi connectivity index (χ1n) is 13.5. The molecule has 0 fully saturated rings. The fraction of sp³-hybridized carbons (Fsp3) is 0.188. The van der Waals surface area contributed by atoms with Gasteiger partial charge in [-0.05, 0) is 66.4 Å². The quantitative estimate of drug-likeness (QED) is 0.166. The average molecular weight is 563 g/mol. The van der Waals surface area contributed by atoms with Crippen LogP contribution in [0.1, 0.15) is 50.0 Å². The number of aromatic nitrogens is 2. The van der Waals surface area contributed by atoms with Crippen LogP contribution in [0.5, 0.6) is 0 Å². The predicted octanol–water partition coefficient (Wildman–Crippen LogP) is 4.00. The lowest BCUT2D eigenvalue weighted by Gasteiger charge is -2.28. The van der Waals surface area contributed by atoms with Gasteiger partial charge in [0.25, 0.3) is 5.91 Å². The first kappa shape index (κ1) is 29.6. The highest BCUT2D eigenvalue weighted by Gasteiger charge is 2.29. The molecule has 2 heterocycles. The molecule has 0 atom stereocenters. The molecule has 214 valence electrons. The number of rotatable bonds is 8. The molecule has 0 bridgehead atoms. The number of hydrogen-bond acceptors (Lipinski definition) is 8. The van der Waals surface area contributed by atoms with Gasteiger partial charge in [-0.15, -0.1) is 0 Å². The van der Waals surface area contributed by atoms with Gasteiger partial charge in [0, 0.05) is 37.7 Å². The molecule has 5 N–H and O–H groups in total. The molecule has 0 radical (unpaired) electrons. The minimum atomic E-state index is -0.209. The van der Waals surface area contributed by atoms with Crippen molar-refractivity contribution in [1.29, 1.82) is 5.26 Å². The SMILES string of the molecule is CCN(N)/C=C(\N)c1cccc(Cc2ccc(N3CCn4ncc(C=O)c4C3=O)cc2)c1.CNc1cccc(C#N)c1. The maximum atomic E-state index is 12.9. The van der Waals surface area contributed by atoms with E-state index in [0.717, 1.165) is 34.5 Å². The molecule has 5 rings (SSSR count). The third kappa shape index (κ3) is 7.02. The second kappa shape index (κ2) is 13.8. The van der Waals surface area contributed by atoms with Crippen LogP contribution in [0.25, 0.3) is 5.70 Å². The van der Waals surface area contributed by atoms with Crippen molar-refractivity contribution in [3.63, 3.8) is 0 Å². The molecule has 1 amide bonds. The van der Waals surface area contributed by atoms with E-state index in [-0.39, 0.29) is 5.91 Å². The number of anilines is 2. The minimum Gasteiger partial charge on any atom is -0.397 e. The Balaban J connectivity index is 0.000000343. The van der Waals surface area contributed by atoms with Crippen LogP contribution in [-0.4, -0.2) is 47.1 Å².